The van der Waals surface area contributed by atoms with Crippen molar-refractivity contribution >= 4 is 10.9 Å². The lowest BCUT2D eigenvalue weighted by atomic mass is 9.97. The molecule has 1 atom stereocenters. The lowest BCUT2D eigenvalue weighted by molar-refractivity contribution is 0.555. The lowest BCUT2D eigenvalue weighted by Gasteiger charge is -2.18. The summed E-state index contributed by atoms with van der Waals surface area (Å²) >= 11 is 0. The number of rotatable bonds is 4. The molecule has 100 valence electrons. The largest absolute Gasteiger partial charge is 0.271 e. The molecule has 2 heterocycles. The average molecular weight is 264 g/mol. The van der Waals surface area contributed by atoms with Gasteiger partial charge in [-0.1, -0.05) is 24.3 Å². The SMILES string of the molecule is NNC(Cc1cccnc1)c1cccc2ncccc12. The zero-order chi connectivity index (χ0) is 13.8. The Morgan fingerprint density at radius 1 is 1.05 bits per heavy atom. The normalized spacial score (nSPS) is 12.4. The molecule has 2 aromatic heterocycles. The number of aromatic nitrogens is 2. The van der Waals surface area contributed by atoms with Crippen LogP contribution < -0.4 is 11.3 Å². The van der Waals surface area contributed by atoms with Crippen LogP contribution in [0.4, 0.5) is 0 Å². The van der Waals surface area contributed by atoms with Crippen molar-refractivity contribution in [1.82, 2.24) is 15.4 Å². The Balaban J connectivity index is 1.99. The fourth-order valence-electron chi connectivity index (χ4n) is 2.44. The molecular weight excluding hydrogens is 248 g/mol. The summed E-state index contributed by atoms with van der Waals surface area (Å²) in [6.45, 7) is 0. The highest BCUT2D eigenvalue weighted by Crippen LogP contribution is 2.25. The Morgan fingerprint density at radius 3 is 2.75 bits per heavy atom. The predicted molar refractivity (Wildman–Crippen MR) is 79.7 cm³/mol. The number of hydrogen-bond donors (Lipinski definition) is 2. The maximum Gasteiger partial charge on any atom is 0.0705 e. The third-order valence-electron chi connectivity index (χ3n) is 3.42. The molecule has 0 aliphatic rings. The number of nitrogens with two attached hydrogens (primary N) is 1. The van der Waals surface area contributed by atoms with E-state index in [-0.39, 0.29) is 6.04 Å². The minimum atomic E-state index is 0.0344. The van der Waals surface area contributed by atoms with Gasteiger partial charge < -0.3 is 0 Å². The molecule has 0 spiro atoms. The fraction of sp³-hybridized carbons (Fsp3) is 0.125. The van der Waals surface area contributed by atoms with E-state index >= 15 is 0 Å². The average Bonchev–Trinajstić information content (AvgIpc) is 2.53. The van der Waals surface area contributed by atoms with E-state index in [1.54, 1.807) is 12.4 Å². The molecular formula is C16H16N4. The molecule has 0 fully saturated rings. The first-order chi connectivity index (χ1) is 9.88. The van der Waals surface area contributed by atoms with E-state index in [4.69, 9.17) is 5.84 Å². The minimum Gasteiger partial charge on any atom is -0.271 e. The predicted octanol–water partition coefficient (Wildman–Crippen LogP) is 2.38. The van der Waals surface area contributed by atoms with E-state index in [0.29, 0.717) is 0 Å². The Morgan fingerprint density at radius 2 is 1.95 bits per heavy atom. The Kier molecular flexibility index (Phi) is 3.67. The van der Waals surface area contributed by atoms with Crippen molar-refractivity contribution in [3.05, 3.63) is 72.2 Å². The fourth-order valence-corrected chi connectivity index (χ4v) is 2.44. The molecule has 1 unspecified atom stereocenters. The summed E-state index contributed by atoms with van der Waals surface area (Å²) in [5.41, 5.74) is 6.19. The summed E-state index contributed by atoms with van der Waals surface area (Å²) in [6, 6.07) is 14.2. The molecule has 20 heavy (non-hydrogen) atoms. The van der Waals surface area contributed by atoms with Crippen molar-refractivity contribution in [2.24, 2.45) is 5.84 Å². The van der Waals surface area contributed by atoms with Gasteiger partial charge in [-0.3, -0.25) is 21.2 Å². The van der Waals surface area contributed by atoms with Crippen molar-refractivity contribution in [1.29, 1.82) is 0 Å². The summed E-state index contributed by atoms with van der Waals surface area (Å²) in [5.74, 6) is 5.75. The van der Waals surface area contributed by atoms with E-state index in [1.165, 1.54) is 0 Å². The van der Waals surface area contributed by atoms with Crippen LogP contribution in [-0.2, 0) is 6.42 Å². The number of hydrazine groups is 1. The smallest absolute Gasteiger partial charge is 0.0705 e. The van der Waals surface area contributed by atoms with Gasteiger partial charge in [0.05, 0.1) is 11.6 Å². The van der Waals surface area contributed by atoms with E-state index in [9.17, 15) is 0 Å². The van der Waals surface area contributed by atoms with Crippen LogP contribution in [0.5, 0.6) is 0 Å². The van der Waals surface area contributed by atoms with Gasteiger partial charge >= 0.3 is 0 Å². The Hall–Kier alpha value is -2.30. The number of hydrogen-bond acceptors (Lipinski definition) is 4. The molecule has 4 nitrogen and oxygen atoms in total. The molecule has 3 N–H and O–H groups in total. The number of nitrogens with one attached hydrogen (secondary N) is 1. The molecule has 0 aliphatic heterocycles. The van der Waals surface area contributed by atoms with Crippen LogP contribution in [0.15, 0.2) is 61.1 Å². The molecule has 0 bridgehead atoms. The first kappa shape index (κ1) is 12.7. The highest BCUT2D eigenvalue weighted by molar-refractivity contribution is 5.82. The topological polar surface area (TPSA) is 63.8 Å². The van der Waals surface area contributed by atoms with Gasteiger partial charge in [0, 0.05) is 24.0 Å². The maximum atomic E-state index is 5.75. The summed E-state index contributed by atoms with van der Waals surface area (Å²) in [4.78, 5) is 8.53. The van der Waals surface area contributed by atoms with Gasteiger partial charge in [0.2, 0.25) is 0 Å². The summed E-state index contributed by atoms with van der Waals surface area (Å²) in [5, 5.41) is 1.13. The van der Waals surface area contributed by atoms with Crippen LogP contribution in [0, 0.1) is 0 Å². The van der Waals surface area contributed by atoms with Crippen LogP contribution >= 0.6 is 0 Å². The molecule has 3 rings (SSSR count). The van der Waals surface area contributed by atoms with Gasteiger partial charge in [0.25, 0.3) is 0 Å². The second-order valence-corrected chi connectivity index (χ2v) is 4.70. The number of fused-ring (bicyclic) bond motifs is 1. The molecule has 0 saturated carbocycles. The highest BCUT2D eigenvalue weighted by Gasteiger charge is 2.13. The first-order valence-corrected chi connectivity index (χ1v) is 6.57. The van der Waals surface area contributed by atoms with Crippen molar-refractivity contribution in [2.45, 2.75) is 12.5 Å². The van der Waals surface area contributed by atoms with Gasteiger partial charge in [0.15, 0.2) is 0 Å². The maximum absolute atomic E-state index is 5.75. The zero-order valence-electron chi connectivity index (χ0n) is 11.0. The second kappa shape index (κ2) is 5.77. The molecule has 0 radical (unpaired) electrons. The Labute approximate surface area is 117 Å². The van der Waals surface area contributed by atoms with Crippen molar-refractivity contribution in [2.75, 3.05) is 0 Å². The molecule has 3 aromatic rings. The lowest BCUT2D eigenvalue weighted by Crippen LogP contribution is -2.29. The van der Waals surface area contributed by atoms with Crippen molar-refractivity contribution in [3.8, 4) is 0 Å². The van der Waals surface area contributed by atoms with Gasteiger partial charge in [-0.15, -0.1) is 0 Å². The van der Waals surface area contributed by atoms with Gasteiger partial charge in [-0.25, -0.2) is 0 Å². The van der Waals surface area contributed by atoms with Crippen molar-refractivity contribution < 1.29 is 0 Å². The first-order valence-electron chi connectivity index (χ1n) is 6.57. The van der Waals surface area contributed by atoms with Crippen LogP contribution in [0.3, 0.4) is 0 Å². The molecule has 4 heteroatoms. The van der Waals surface area contributed by atoms with Gasteiger partial charge in [-0.05, 0) is 35.7 Å². The Bertz CT molecular complexity index is 692. The quantitative estimate of drug-likeness (QED) is 0.561. The second-order valence-electron chi connectivity index (χ2n) is 4.70. The zero-order valence-corrected chi connectivity index (χ0v) is 11.0. The molecule has 1 aromatic carbocycles. The number of nitrogens with zero attached hydrogens (tertiary/aromatic N) is 2. The monoisotopic (exact) mass is 264 g/mol. The summed E-state index contributed by atoms with van der Waals surface area (Å²) < 4.78 is 0. The molecule has 0 amide bonds. The van der Waals surface area contributed by atoms with E-state index in [2.05, 4.69) is 33.6 Å². The highest BCUT2D eigenvalue weighted by atomic mass is 15.2. The molecule has 0 aliphatic carbocycles. The van der Waals surface area contributed by atoms with E-state index in [1.807, 2.05) is 30.5 Å². The van der Waals surface area contributed by atoms with Gasteiger partial charge in [-0.2, -0.15) is 0 Å². The third-order valence-corrected chi connectivity index (χ3v) is 3.42. The van der Waals surface area contributed by atoms with E-state index < -0.39 is 0 Å². The van der Waals surface area contributed by atoms with Crippen LogP contribution in [0.2, 0.25) is 0 Å². The van der Waals surface area contributed by atoms with E-state index in [0.717, 1.165) is 28.5 Å². The number of benzene rings is 1. The standard InChI is InChI=1S/C16H16N4/c17-20-16(10-12-4-2-8-18-11-12)14-5-1-7-15-13(14)6-3-9-19-15/h1-9,11,16,20H,10,17H2. The van der Waals surface area contributed by atoms with Crippen molar-refractivity contribution in [3.63, 3.8) is 0 Å². The summed E-state index contributed by atoms with van der Waals surface area (Å²) in [6.07, 6.45) is 6.24. The van der Waals surface area contributed by atoms with Crippen LogP contribution in [0.25, 0.3) is 10.9 Å². The van der Waals surface area contributed by atoms with Crippen LogP contribution in [0.1, 0.15) is 17.2 Å². The summed E-state index contributed by atoms with van der Waals surface area (Å²) in [7, 11) is 0. The molecule has 0 saturated heterocycles. The number of pyridine rings is 2. The third kappa shape index (κ3) is 2.52. The van der Waals surface area contributed by atoms with Crippen LogP contribution in [-0.4, -0.2) is 9.97 Å². The van der Waals surface area contributed by atoms with Gasteiger partial charge in [0.1, 0.15) is 0 Å². The minimum absolute atomic E-state index is 0.0344.